The highest BCUT2D eigenvalue weighted by Crippen LogP contribution is 1.95. The molecule has 0 atom stereocenters. The molecule has 1 heterocycles. The molecule has 0 aromatic carbocycles. The molecule has 0 bridgehead atoms. The van der Waals surface area contributed by atoms with Crippen molar-refractivity contribution in [2.45, 2.75) is 6.54 Å². The number of rotatable bonds is 3. The van der Waals surface area contributed by atoms with Crippen LogP contribution in [0.5, 0.6) is 0 Å². The standard InChI is InChI=1S/C8H12ClN3O2/c1-11(2)3-4-12-5-6(9)7(13)10-8(12)14/h5H,3-4H2,1-2H3,(H,10,13,14). The lowest BCUT2D eigenvalue weighted by molar-refractivity contribution is 0.379. The SMILES string of the molecule is CN(C)CCn1cc(Cl)c(=O)[nH]c1=O. The second-order valence-corrected chi connectivity index (χ2v) is 3.64. The second-order valence-electron chi connectivity index (χ2n) is 3.23. The molecule has 0 saturated carbocycles. The average molecular weight is 218 g/mol. The first-order chi connectivity index (χ1) is 6.50. The van der Waals surface area contributed by atoms with Gasteiger partial charge in [0, 0.05) is 19.3 Å². The summed E-state index contributed by atoms with van der Waals surface area (Å²) in [6.07, 6.45) is 1.35. The minimum Gasteiger partial charge on any atom is -0.308 e. The fourth-order valence-corrected chi connectivity index (χ4v) is 1.12. The number of nitrogens with zero attached hydrogens (tertiary/aromatic N) is 2. The molecule has 0 aliphatic heterocycles. The molecule has 0 aliphatic carbocycles. The maximum atomic E-state index is 11.2. The summed E-state index contributed by atoms with van der Waals surface area (Å²) in [5.41, 5.74) is -0.973. The molecule has 78 valence electrons. The zero-order chi connectivity index (χ0) is 10.7. The number of hydrogen-bond acceptors (Lipinski definition) is 3. The smallest absolute Gasteiger partial charge is 0.308 e. The van der Waals surface area contributed by atoms with Crippen molar-refractivity contribution in [2.24, 2.45) is 0 Å². The van der Waals surface area contributed by atoms with Crippen LogP contribution >= 0.6 is 11.6 Å². The summed E-state index contributed by atoms with van der Waals surface area (Å²) < 4.78 is 1.38. The van der Waals surface area contributed by atoms with Crippen LogP contribution in [0.4, 0.5) is 0 Å². The predicted molar refractivity (Wildman–Crippen MR) is 54.9 cm³/mol. The monoisotopic (exact) mass is 217 g/mol. The van der Waals surface area contributed by atoms with Gasteiger partial charge in [-0.2, -0.15) is 0 Å². The van der Waals surface area contributed by atoms with Crippen LogP contribution in [0.2, 0.25) is 5.02 Å². The zero-order valence-electron chi connectivity index (χ0n) is 8.08. The van der Waals surface area contributed by atoms with Crippen LogP contribution in [0.3, 0.4) is 0 Å². The average Bonchev–Trinajstić information content (AvgIpc) is 2.09. The van der Waals surface area contributed by atoms with Crippen LogP contribution in [0.25, 0.3) is 0 Å². The van der Waals surface area contributed by atoms with E-state index >= 15 is 0 Å². The summed E-state index contributed by atoms with van der Waals surface area (Å²) >= 11 is 5.58. The zero-order valence-corrected chi connectivity index (χ0v) is 8.84. The van der Waals surface area contributed by atoms with Crippen molar-refractivity contribution < 1.29 is 0 Å². The van der Waals surface area contributed by atoms with Crippen LogP contribution in [0.15, 0.2) is 15.8 Å². The predicted octanol–water partition coefficient (Wildman–Crippen LogP) is -0.248. The minimum atomic E-state index is -0.544. The Kier molecular flexibility index (Phi) is 3.49. The lowest BCUT2D eigenvalue weighted by Gasteiger charge is -2.10. The number of nitrogens with one attached hydrogen (secondary N) is 1. The third kappa shape index (κ3) is 2.71. The van der Waals surface area contributed by atoms with Crippen LogP contribution < -0.4 is 11.2 Å². The Bertz CT molecular complexity index is 421. The van der Waals surface area contributed by atoms with Gasteiger partial charge in [-0.3, -0.25) is 14.3 Å². The second kappa shape index (κ2) is 4.43. The Morgan fingerprint density at radius 2 is 2.14 bits per heavy atom. The summed E-state index contributed by atoms with van der Waals surface area (Å²) in [5, 5.41) is 0.0309. The molecule has 0 spiro atoms. The van der Waals surface area contributed by atoms with Gasteiger partial charge < -0.3 is 4.90 Å². The number of H-pyrrole nitrogens is 1. The first kappa shape index (κ1) is 11.0. The minimum absolute atomic E-state index is 0.0309. The number of hydrogen-bond donors (Lipinski definition) is 1. The summed E-state index contributed by atoms with van der Waals surface area (Å²) in [6, 6.07) is 0. The molecule has 1 N–H and O–H groups in total. The Morgan fingerprint density at radius 3 is 2.71 bits per heavy atom. The van der Waals surface area contributed by atoms with Gasteiger partial charge in [0.25, 0.3) is 5.56 Å². The summed E-state index contributed by atoms with van der Waals surface area (Å²) in [5.74, 6) is 0. The Balaban J connectivity index is 2.93. The molecular weight excluding hydrogens is 206 g/mol. The van der Waals surface area contributed by atoms with Gasteiger partial charge in [-0.15, -0.1) is 0 Å². The van der Waals surface area contributed by atoms with E-state index in [9.17, 15) is 9.59 Å². The van der Waals surface area contributed by atoms with Gasteiger partial charge in [-0.1, -0.05) is 11.6 Å². The summed E-state index contributed by atoms with van der Waals surface area (Å²) in [6.45, 7) is 1.21. The molecule has 6 heteroatoms. The third-order valence-corrected chi connectivity index (χ3v) is 2.02. The highest BCUT2D eigenvalue weighted by Gasteiger charge is 2.01. The van der Waals surface area contributed by atoms with E-state index in [0.29, 0.717) is 13.1 Å². The molecule has 0 amide bonds. The Labute approximate surface area is 85.9 Å². The van der Waals surface area contributed by atoms with Gasteiger partial charge in [0.1, 0.15) is 5.02 Å². The lowest BCUT2D eigenvalue weighted by atomic mass is 10.5. The van der Waals surface area contributed by atoms with Crippen molar-refractivity contribution >= 4 is 11.6 Å². The van der Waals surface area contributed by atoms with Crippen molar-refractivity contribution in [3.8, 4) is 0 Å². The molecule has 1 aromatic rings. The Hall–Kier alpha value is -1.07. The van der Waals surface area contributed by atoms with Crippen LogP contribution in [-0.2, 0) is 6.54 Å². The highest BCUT2D eigenvalue weighted by molar-refractivity contribution is 6.30. The van der Waals surface area contributed by atoms with E-state index < -0.39 is 11.2 Å². The van der Waals surface area contributed by atoms with Gasteiger partial charge in [0.2, 0.25) is 0 Å². The van der Waals surface area contributed by atoms with Gasteiger partial charge in [-0.25, -0.2) is 4.79 Å². The molecule has 0 fully saturated rings. The maximum absolute atomic E-state index is 11.2. The van der Waals surface area contributed by atoms with Crippen molar-refractivity contribution in [1.82, 2.24) is 14.5 Å². The van der Waals surface area contributed by atoms with Gasteiger partial charge in [0.15, 0.2) is 0 Å². The first-order valence-corrected chi connectivity index (χ1v) is 4.52. The quantitative estimate of drug-likeness (QED) is 0.760. The van der Waals surface area contributed by atoms with Crippen LogP contribution in [0.1, 0.15) is 0 Å². The Morgan fingerprint density at radius 1 is 1.50 bits per heavy atom. The molecule has 0 unspecified atom stereocenters. The molecule has 5 nitrogen and oxygen atoms in total. The maximum Gasteiger partial charge on any atom is 0.328 e. The molecule has 0 radical (unpaired) electrons. The van der Waals surface area contributed by atoms with Crippen molar-refractivity contribution in [3.63, 3.8) is 0 Å². The molecular formula is C8H12ClN3O2. The topological polar surface area (TPSA) is 58.1 Å². The summed E-state index contributed by atoms with van der Waals surface area (Å²) in [7, 11) is 3.80. The van der Waals surface area contributed by atoms with Crippen molar-refractivity contribution in [3.05, 3.63) is 32.1 Å². The third-order valence-electron chi connectivity index (χ3n) is 1.76. The number of likely N-dealkylation sites (N-methyl/N-ethyl adjacent to an activating group) is 1. The fourth-order valence-electron chi connectivity index (χ4n) is 0.957. The van der Waals surface area contributed by atoms with Crippen molar-refractivity contribution in [2.75, 3.05) is 20.6 Å². The highest BCUT2D eigenvalue weighted by atomic mass is 35.5. The van der Waals surface area contributed by atoms with E-state index in [1.807, 2.05) is 19.0 Å². The normalized spacial score (nSPS) is 10.9. The largest absolute Gasteiger partial charge is 0.328 e. The van der Waals surface area contributed by atoms with E-state index in [4.69, 9.17) is 11.6 Å². The van der Waals surface area contributed by atoms with Crippen LogP contribution in [-0.4, -0.2) is 35.1 Å². The lowest BCUT2D eigenvalue weighted by Crippen LogP contribution is -2.32. The summed E-state index contributed by atoms with van der Waals surface area (Å²) in [4.78, 5) is 26.2. The van der Waals surface area contributed by atoms with E-state index in [0.717, 1.165) is 0 Å². The van der Waals surface area contributed by atoms with E-state index in [1.54, 1.807) is 0 Å². The fraction of sp³-hybridized carbons (Fsp3) is 0.500. The molecule has 14 heavy (non-hydrogen) atoms. The molecule has 0 saturated heterocycles. The van der Waals surface area contributed by atoms with Gasteiger partial charge >= 0.3 is 5.69 Å². The van der Waals surface area contributed by atoms with E-state index in [-0.39, 0.29) is 5.02 Å². The first-order valence-electron chi connectivity index (χ1n) is 4.14. The van der Waals surface area contributed by atoms with E-state index in [1.165, 1.54) is 10.8 Å². The molecule has 0 aliphatic rings. The van der Waals surface area contributed by atoms with Crippen molar-refractivity contribution in [1.29, 1.82) is 0 Å². The van der Waals surface area contributed by atoms with Gasteiger partial charge in [0.05, 0.1) is 0 Å². The molecule has 1 rings (SSSR count). The number of halogens is 1. The van der Waals surface area contributed by atoms with Crippen LogP contribution in [0, 0.1) is 0 Å². The van der Waals surface area contributed by atoms with Gasteiger partial charge in [-0.05, 0) is 14.1 Å². The number of aromatic nitrogens is 2. The number of aromatic amines is 1. The molecule has 1 aromatic heterocycles. The van der Waals surface area contributed by atoms with E-state index in [2.05, 4.69) is 4.98 Å².